The summed E-state index contributed by atoms with van der Waals surface area (Å²) in [6.45, 7) is 1.05. The first-order valence-electron chi connectivity index (χ1n) is 7.08. The highest BCUT2D eigenvalue weighted by Crippen LogP contribution is 2.44. The molecule has 0 amide bonds. The van der Waals surface area contributed by atoms with Gasteiger partial charge in [-0.1, -0.05) is 12.1 Å². The van der Waals surface area contributed by atoms with E-state index in [0.29, 0.717) is 37.6 Å². The first-order valence-corrected chi connectivity index (χ1v) is 7.08. The Morgan fingerprint density at radius 1 is 1.00 bits per heavy atom. The summed E-state index contributed by atoms with van der Waals surface area (Å²) in [4.78, 5) is 0. The van der Waals surface area contributed by atoms with Crippen molar-refractivity contribution in [2.24, 2.45) is 0 Å². The molecule has 1 aliphatic heterocycles. The molecule has 4 rings (SSSR count). The van der Waals surface area contributed by atoms with Crippen molar-refractivity contribution < 1.29 is 19.0 Å². The zero-order valence-corrected chi connectivity index (χ0v) is 11.4. The molecular formula is C17H15FO3. The Hall–Kier alpha value is -2.07. The number of benzene rings is 2. The van der Waals surface area contributed by atoms with Gasteiger partial charge in [-0.25, -0.2) is 4.39 Å². The highest BCUT2D eigenvalue weighted by Gasteiger charge is 2.39. The van der Waals surface area contributed by atoms with Gasteiger partial charge in [-0.05, 0) is 53.8 Å². The van der Waals surface area contributed by atoms with Crippen molar-refractivity contribution in [3.63, 3.8) is 0 Å². The van der Waals surface area contributed by atoms with E-state index in [0.717, 1.165) is 16.7 Å². The van der Waals surface area contributed by atoms with Crippen molar-refractivity contribution in [1.29, 1.82) is 0 Å². The molecule has 0 fully saturated rings. The van der Waals surface area contributed by atoms with E-state index in [-0.39, 0.29) is 5.82 Å². The van der Waals surface area contributed by atoms with Crippen LogP contribution in [0.5, 0.6) is 11.5 Å². The normalized spacial score (nSPS) is 23.0. The van der Waals surface area contributed by atoms with Gasteiger partial charge in [-0.2, -0.15) is 0 Å². The number of aliphatic hydroxyl groups is 1. The molecule has 0 radical (unpaired) electrons. The average molecular weight is 286 g/mol. The number of ether oxygens (including phenoxy) is 2. The Morgan fingerprint density at radius 3 is 2.67 bits per heavy atom. The Bertz CT molecular complexity index is 713. The van der Waals surface area contributed by atoms with Crippen LogP contribution in [0, 0.1) is 5.82 Å². The summed E-state index contributed by atoms with van der Waals surface area (Å²) in [5.74, 6) is 1.09. The van der Waals surface area contributed by atoms with Gasteiger partial charge >= 0.3 is 0 Å². The number of hydrogen-bond acceptors (Lipinski definition) is 3. The maximum Gasteiger partial charge on any atom is 0.161 e. The van der Waals surface area contributed by atoms with E-state index in [1.54, 1.807) is 6.07 Å². The summed E-state index contributed by atoms with van der Waals surface area (Å²) < 4.78 is 24.4. The van der Waals surface area contributed by atoms with Crippen molar-refractivity contribution in [3.05, 3.63) is 58.9 Å². The smallest absolute Gasteiger partial charge is 0.161 e. The molecule has 2 aromatic carbocycles. The molecule has 2 aromatic rings. The van der Waals surface area contributed by atoms with Gasteiger partial charge in [-0.15, -0.1) is 0 Å². The molecule has 4 heteroatoms. The lowest BCUT2D eigenvalue weighted by Gasteiger charge is -2.27. The monoisotopic (exact) mass is 286 g/mol. The molecule has 0 aromatic heterocycles. The van der Waals surface area contributed by atoms with E-state index in [1.807, 2.05) is 18.2 Å². The molecular weight excluding hydrogens is 271 g/mol. The summed E-state index contributed by atoms with van der Waals surface area (Å²) in [5.41, 5.74) is 1.32. The molecule has 21 heavy (non-hydrogen) atoms. The maximum atomic E-state index is 13.3. The molecule has 0 spiro atoms. The Kier molecular flexibility index (Phi) is 2.69. The lowest BCUT2D eigenvalue weighted by Crippen LogP contribution is -2.24. The summed E-state index contributed by atoms with van der Waals surface area (Å²) in [5, 5.41) is 11.1. The van der Waals surface area contributed by atoms with Crippen LogP contribution in [0.1, 0.15) is 23.1 Å². The third-order valence-electron chi connectivity index (χ3n) is 4.29. The van der Waals surface area contributed by atoms with Crippen molar-refractivity contribution in [2.75, 3.05) is 13.2 Å². The van der Waals surface area contributed by atoms with Gasteiger partial charge in [0.05, 0.1) is 0 Å². The second-order valence-corrected chi connectivity index (χ2v) is 5.52. The predicted molar refractivity (Wildman–Crippen MR) is 75.2 cm³/mol. The van der Waals surface area contributed by atoms with Crippen molar-refractivity contribution in [2.45, 2.75) is 18.4 Å². The topological polar surface area (TPSA) is 38.7 Å². The Labute approximate surface area is 121 Å². The molecule has 0 saturated carbocycles. The largest absolute Gasteiger partial charge is 0.486 e. The third-order valence-corrected chi connectivity index (χ3v) is 4.29. The number of fused-ring (bicyclic) bond motifs is 2. The Morgan fingerprint density at radius 2 is 1.81 bits per heavy atom. The molecule has 3 nitrogen and oxygen atoms in total. The van der Waals surface area contributed by atoms with Gasteiger partial charge in [-0.3, -0.25) is 0 Å². The maximum absolute atomic E-state index is 13.3. The van der Waals surface area contributed by atoms with Gasteiger partial charge < -0.3 is 14.6 Å². The first kappa shape index (κ1) is 12.7. The SMILES string of the molecule is OC1(c2ccc3c(c2)OCCO3)CCc2cc(F)ccc21. The molecule has 1 unspecified atom stereocenters. The average Bonchev–Trinajstić information content (AvgIpc) is 2.84. The summed E-state index contributed by atoms with van der Waals surface area (Å²) in [7, 11) is 0. The van der Waals surface area contributed by atoms with Gasteiger partial charge in [0.2, 0.25) is 0 Å². The van der Waals surface area contributed by atoms with Crippen molar-refractivity contribution >= 4 is 0 Å². The fourth-order valence-electron chi connectivity index (χ4n) is 3.22. The fraction of sp³-hybridized carbons (Fsp3) is 0.294. The second kappa shape index (κ2) is 4.46. The number of hydrogen-bond donors (Lipinski definition) is 1. The first-order chi connectivity index (χ1) is 10.2. The molecule has 2 aliphatic rings. The van der Waals surface area contributed by atoms with Gasteiger partial charge in [0.25, 0.3) is 0 Å². The summed E-state index contributed by atoms with van der Waals surface area (Å²) in [6.07, 6.45) is 1.21. The van der Waals surface area contributed by atoms with E-state index < -0.39 is 5.60 Å². The Balaban J connectivity index is 1.80. The quantitative estimate of drug-likeness (QED) is 0.876. The van der Waals surface area contributed by atoms with Crippen molar-refractivity contribution in [3.8, 4) is 11.5 Å². The van der Waals surface area contributed by atoms with Crippen LogP contribution < -0.4 is 9.47 Å². The zero-order valence-electron chi connectivity index (χ0n) is 11.4. The zero-order chi connectivity index (χ0) is 14.4. The molecule has 0 saturated heterocycles. The van der Waals surface area contributed by atoms with E-state index in [1.165, 1.54) is 12.1 Å². The summed E-state index contributed by atoms with van der Waals surface area (Å²) >= 11 is 0. The number of halogens is 1. The molecule has 1 heterocycles. The van der Waals surface area contributed by atoms with Gasteiger partial charge in [0.15, 0.2) is 11.5 Å². The molecule has 0 bridgehead atoms. The van der Waals surface area contributed by atoms with Crippen LogP contribution in [0.15, 0.2) is 36.4 Å². The lowest BCUT2D eigenvalue weighted by molar-refractivity contribution is 0.0819. The van der Waals surface area contributed by atoms with Crippen LogP contribution in [-0.4, -0.2) is 18.3 Å². The molecule has 1 atom stereocenters. The van der Waals surface area contributed by atoms with E-state index >= 15 is 0 Å². The molecule has 1 N–H and O–H groups in total. The summed E-state index contributed by atoms with van der Waals surface area (Å²) in [6, 6.07) is 10.1. The minimum atomic E-state index is -1.08. The van der Waals surface area contributed by atoms with E-state index in [4.69, 9.17) is 9.47 Å². The molecule has 1 aliphatic carbocycles. The predicted octanol–water partition coefficient (Wildman–Crippen LogP) is 2.78. The van der Waals surface area contributed by atoms with Crippen LogP contribution in [0.3, 0.4) is 0 Å². The van der Waals surface area contributed by atoms with Crippen LogP contribution in [-0.2, 0) is 12.0 Å². The van der Waals surface area contributed by atoms with E-state index in [9.17, 15) is 9.50 Å². The second-order valence-electron chi connectivity index (χ2n) is 5.52. The third kappa shape index (κ3) is 1.90. The number of aryl methyl sites for hydroxylation is 1. The van der Waals surface area contributed by atoms with Crippen LogP contribution in [0.25, 0.3) is 0 Å². The van der Waals surface area contributed by atoms with Crippen LogP contribution in [0.2, 0.25) is 0 Å². The molecule has 108 valence electrons. The highest BCUT2D eigenvalue weighted by molar-refractivity contribution is 5.51. The minimum Gasteiger partial charge on any atom is -0.486 e. The minimum absolute atomic E-state index is 0.264. The van der Waals surface area contributed by atoms with Gasteiger partial charge in [0.1, 0.15) is 24.6 Å². The van der Waals surface area contributed by atoms with Crippen LogP contribution in [0.4, 0.5) is 4.39 Å². The van der Waals surface area contributed by atoms with Crippen molar-refractivity contribution in [1.82, 2.24) is 0 Å². The lowest BCUT2D eigenvalue weighted by atomic mass is 9.87. The fourth-order valence-corrected chi connectivity index (χ4v) is 3.22. The highest BCUT2D eigenvalue weighted by atomic mass is 19.1. The van der Waals surface area contributed by atoms with Crippen LogP contribution >= 0.6 is 0 Å². The standard InChI is InChI=1S/C17H15FO3/c18-13-2-3-14-11(9-13)5-6-17(14,19)12-1-4-15-16(10-12)21-8-7-20-15/h1-4,9-10,19H,5-8H2. The van der Waals surface area contributed by atoms with E-state index in [2.05, 4.69) is 0 Å². The number of rotatable bonds is 1. The van der Waals surface area contributed by atoms with Gasteiger partial charge in [0, 0.05) is 0 Å².